The summed E-state index contributed by atoms with van der Waals surface area (Å²) in [6.07, 6.45) is 3.88. The number of pyridine rings is 1. The molecule has 1 aromatic rings. The topological polar surface area (TPSA) is 45.2 Å². The first-order chi connectivity index (χ1) is 9.57. The van der Waals surface area contributed by atoms with E-state index in [1.54, 1.807) is 6.20 Å². The van der Waals surface area contributed by atoms with Gasteiger partial charge in [-0.25, -0.2) is 0 Å². The van der Waals surface area contributed by atoms with Crippen molar-refractivity contribution < 1.29 is 4.79 Å². The summed E-state index contributed by atoms with van der Waals surface area (Å²) in [6, 6.07) is 1.91. The van der Waals surface area contributed by atoms with E-state index in [0.29, 0.717) is 11.5 Å². The molecule has 0 atom stereocenters. The highest BCUT2D eigenvalue weighted by molar-refractivity contribution is 5.99. The number of carbonyl (C=O) groups excluding carboxylic acids is 1. The zero-order valence-electron chi connectivity index (χ0n) is 13.4. The van der Waals surface area contributed by atoms with Gasteiger partial charge in [0, 0.05) is 32.0 Å². The minimum atomic E-state index is 0.0660. The van der Waals surface area contributed by atoms with Gasteiger partial charge in [0.1, 0.15) is 0 Å². The van der Waals surface area contributed by atoms with Crippen LogP contribution in [-0.2, 0) is 0 Å². The van der Waals surface area contributed by atoms with Gasteiger partial charge in [0.2, 0.25) is 0 Å². The fourth-order valence-corrected chi connectivity index (χ4v) is 2.32. The molecule has 20 heavy (non-hydrogen) atoms. The molecule has 4 nitrogen and oxygen atoms in total. The number of hydrogen-bond acceptors (Lipinski definition) is 3. The smallest absolute Gasteiger partial charge is 0.257 e. The fourth-order valence-electron chi connectivity index (χ4n) is 2.32. The number of rotatable bonds is 7. The van der Waals surface area contributed by atoms with Gasteiger partial charge in [-0.15, -0.1) is 0 Å². The molecule has 0 spiro atoms. The highest BCUT2D eigenvalue weighted by Crippen LogP contribution is 2.19. The normalized spacial score (nSPS) is 10.7. The van der Waals surface area contributed by atoms with Crippen LogP contribution < -0.4 is 5.32 Å². The Bertz CT molecular complexity index is 441. The van der Waals surface area contributed by atoms with Crippen molar-refractivity contribution >= 4 is 11.6 Å². The zero-order chi connectivity index (χ0) is 15.1. The molecule has 0 aliphatic rings. The molecule has 0 aliphatic heterocycles. The summed E-state index contributed by atoms with van der Waals surface area (Å²) in [5, 5.41) is 3.09. The summed E-state index contributed by atoms with van der Waals surface area (Å²) in [5.41, 5.74) is 2.42. The van der Waals surface area contributed by atoms with E-state index in [1.165, 1.54) is 0 Å². The molecule has 112 valence electrons. The number of aromatic nitrogens is 1. The Balaban J connectivity index is 2.96. The maximum atomic E-state index is 12.7. The van der Waals surface area contributed by atoms with Crippen LogP contribution >= 0.6 is 0 Å². The summed E-state index contributed by atoms with van der Waals surface area (Å²) in [5.74, 6) is 0.631. The monoisotopic (exact) mass is 277 g/mol. The Morgan fingerprint density at radius 2 is 2.00 bits per heavy atom. The second-order valence-electron chi connectivity index (χ2n) is 5.15. The average molecular weight is 277 g/mol. The second kappa shape index (κ2) is 7.88. The first-order valence-electron chi connectivity index (χ1n) is 7.50. The van der Waals surface area contributed by atoms with Crippen molar-refractivity contribution in [2.45, 2.75) is 40.5 Å². The molecule has 0 aromatic carbocycles. The Morgan fingerprint density at radius 1 is 1.35 bits per heavy atom. The van der Waals surface area contributed by atoms with Crippen LogP contribution in [-0.4, -0.2) is 35.9 Å². The Hall–Kier alpha value is -1.58. The van der Waals surface area contributed by atoms with E-state index in [-0.39, 0.29) is 5.91 Å². The van der Waals surface area contributed by atoms with Gasteiger partial charge in [-0.3, -0.25) is 9.78 Å². The summed E-state index contributed by atoms with van der Waals surface area (Å²) < 4.78 is 0. The van der Waals surface area contributed by atoms with Crippen molar-refractivity contribution in [1.29, 1.82) is 0 Å². The Kier molecular flexibility index (Phi) is 6.49. The third-order valence-electron chi connectivity index (χ3n) is 3.84. The molecule has 0 saturated carbocycles. The van der Waals surface area contributed by atoms with Gasteiger partial charge < -0.3 is 10.2 Å². The number of nitrogens with zero attached hydrogens (tertiary/aromatic N) is 2. The van der Waals surface area contributed by atoms with Crippen molar-refractivity contribution in [1.82, 2.24) is 9.88 Å². The number of nitrogens with one attached hydrogen (secondary N) is 1. The van der Waals surface area contributed by atoms with Gasteiger partial charge in [-0.2, -0.15) is 0 Å². The standard InChI is InChI=1S/C16H27N3O/c1-6-13(7-2)11-19(8-3)16(20)14-10-18-12(4)9-15(14)17-5/h9-10,13H,6-8,11H2,1-5H3,(H,17,18). The second-order valence-corrected chi connectivity index (χ2v) is 5.15. The fraction of sp³-hybridized carbons (Fsp3) is 0.625. The SMILES string of the molecule is CCC(CC)CN(CC)C(=O)c1cnc(C)cc1NC. The first-order valence-corrected chi connectivity index (χ1v) is 7.50. The van der Waals surface area contributed by atoms with E-state index < -0.39 is 0 Å². The molecule has 1 aromatic heterocycles. The van der Waals surface area contributed by atoms with Crippen molar-refractivity contribution in [3.8, 4) is 0 Å². The zero-order valence-corrected chi connectivity index (χ0v) is 13.4. The highest BCUT2D eigenvalue weighted by Gasteiger charge is 2.20. The molecular weight excluding hydrogens is 250 g/mol. The lowest BCUT2D eigenvalue weighted by molar-refractivity contribution is 0.0735. The minimum absolute atomic E-state index is 0.0660. The minimum Gasteiger partial charge on any atom is -0.387 e. The predicted octanol–water partition coefficient (Wildman–Crippen LogP) is 3.33. The highest BCUT2D eigenvalue weighted by atomic mass is 16.2. The lowest BCUT2D eigenvalue weighted by Gasteiger charge is -2.26. The van der Waals surface area contributed by atoms with E-state index in [9.17, 15) is 4.79 Å². The van der Waals surface area contributed by atoms with Gasteiger partial charge in [0.25, 0.3) is 5.91 Å². The van der Waals surface area contributed by atoms with E-state index >= 15 is 0 Å². The number of hydrogen-bond donors (Lipinski definition) is 1. The largest absolute Gasteiger partial charge is 0.387 e. The molecule has 0 fully saturated rings. The third-order valence-corrected chi connectivity index (χ3v) is 3.84. The molecule has 0 bridgehead atoms. The van der Waals surface area contributed by atoms with Crippen LogP contribution in [0.3, 0.4) is 0 Å². The molecule has 1 heterocycles. The molecule has 1 amide bonds. The summed E-state index contributed by atoms with van der Waals surface area (Å²) >= 11 is 0. The Labute approximate surface area is 122 Å². The van der Waals surface area contributed by atoms with Crippen LogP contribution in [0.25, 0.3) is 0 Å². The van der Waals surface area contributed by atoms with Crippen molar-refractivity contribution in [3.63, 3.8) is 0 Å². The lowest BCUT2D eigenvalue weighted by atomic mass is 10.0. The average Bonchev–Trinajstić information content (AvgIpc) is 2.47. The molecule has 0 unspecified atom stereocenters. The number of anilines is 1. The summed E-state index contributed by atoms with van der Waals surface area (Å²) in [6.45, 7) is 9.86. The van der Waals surface area contributed by atoms with Gasteiger partial charge >= 0.3 is 0 Å². The number of aryl methyl sites for hydroxylation is 1. The predicted molar refractivity (Wildman–Crippen MR) is 84.2 cm³/mol. The van der Waals surface area contributed by atoms with Gasteiger partial charge in [-0.05, 0) is 25.8 Å². The van der Waals surface area contributed by atoms with Gasteiger partial charge in [-0.1, -0.05) is 26.7 Å². The molecular formula is C16H27N3O. The van der Waals surface area contributed by atoms with Crippen LogP contribution in [0.4, 0.5) is 5.69 Å². The third kappa shape index (κ3) is 3.95. The van der Waals surface area contributed by atoms with Crippen molar-refractivity contribution in [2.24, 2.45) is 5.92 Å². The van der Waals surface area contributed by atoms with E-state index in [0.717, 1.165) is 37.3 Å². The number of amides is 1. The summed E-state index contributed by atoms with van der Waals surface area (Å²) in [4.78, 5) is 18.9. The molecule has 0 radical (unpaired) electrons. The van der Waals surface area contributed by atoms with Crippen LogP contribution in [0.1, 0.15) is 49.7 Å². The number of carbonyl (C=O) groups is 1. The lowest BCUT2D eigenvalue weighted by Crippen LogP contribution is -2.35. The van der Waals surface area contributed by atoms with Crippen LogP contribution in [0.5, 0.6) is 0 Å². The van der Waals surface area contributed by atoms with Crippen LogP contribution in [0, 0.1) is 12.8 Å². The van der Waals surface area contributed by atoms with E-state index in [4.69, 9.17) is 0 Å². The molecule has 0 aliphatic carbocycles. The van der Waals surface area contributed by atoms with E-state index in [2.05, 4.69) is 24.1 Å². The maximum absolute atomic E-state index is 12.7. The van der Waals surface area contributed by atoms with Crippen LogP contribution in [0.15, 0.2) is 12.3 Å². The van der Waals surface area contributed by atoms with Gasteiger partial charge in [0.05, 0.1) is 11.3 Å². The van der Waals surface area contributed by atoms with Gasteiger partial charge in [0.15, 0.2) is 0 Å². The summed E-state index contributed by atoms with van der Waals surface area (Å²) in [7, 11) is 1.84. The first kappa shape index (κ1) is 16.5. The maximum Gasteiger partial charge on any atom is 0.257 e. The Morgan fingerprint density at radius 3 is 2.50 bits per heavy atom. The van der Waals surface area contributed by atoms with E-state index in [1.807, 2.05) is 31.9 Å². The molecule has 0 saturated heterocycles. The van der Waals surface area contributed by atoms with Crippen molar-refractivity contribution in [2.75, 3.05) is 25.5 Å². The molecule has 4 heteroatoms. The molecule has 1 N–H and O–H groups in total. The van der Waals surface area contributed by atoms with Crippen LogP contribution in [0.2, 0.25) is 0 Å². The molecule has 1 rings (SSSR count). The quantitative estimate of drug-likeness (QED) is 0.831. The van der Waals surface area contributed by atoms with Crippen molar-refractivity contribution in [3.05, 3.63) is 23.5 Å².